The molecule has 1 aliphatic heterocycles. The number of non-ortho nitro benzene ring substituents is 1. The molecule has 1 fully saturated rings. The van der Waals surface area contributed by atoms with Crippen LogP contribution < -0.4 is 0 Å². The van der Waals surface area contributed by atoms with Gasteiger partial charge in [-0.3, -0.25) is 10.1 Å². The topological polar surface area (TPSA) is 75.1 Å². The van der Waals surface area contributed by atoms with E-state index >= 15 is 0 Å². The van der Waals surface area contributed by atoms with E-state index in [0.29, 0.717) is 0 Å². The van der Waals surface area contributed by atoms with Gasteiger partial charge in [0.05, 0.1) is 16.0 Å². The average Bonchev–Trinajstić information content (AvgIpc) is 3.15. The normalized spacial score (nSPS) is 15.7. The number of H-pyrrole nitrogens is 1. The molecule has 29 heavy (non-hydrogen) atoms. The Balaban J connectivity index is 1.17. The van der Waals surface area contributed by atoms with Gasteiger partial charge in [-0.15, -0.1) is 0 Å². The minimum absolute atomic E-state index is 0.0911. The highest BCUT2D eigenvalue weighted by molar-refractivity contribution is 7.99. The number of rotatable bonds is 8. The first-order chi connectivity index (χ1) is 14.2. The number of thioether (sulfide) groups is 1. The fourth-order valence-electron chi connectivity index (χ4n) is 3.97. The van der Waals surface area contributed by atoms with Crippen molar-refractivity contribution in [3.63, 3.8) is 0 Å². The van der Waals surface area contributed by atoms with Crippen molar-refractivity contribution >= 4 is 28.5 Å². The molecule has 3 aromatic rings. The molecule has 0 aliphatic carbocycles. The first-order valence-electron chi connectivity index (χ1n) is 10.2. The molecule has 7 heteroatoms. The van der Waals surface area contributed by atoms with Crippen LogP contribution >= 0.6 is 11.8 Å². The van der Waals surface area contributed by atoms with E-state index in [1.807, 2.05) is 0 Å². The Labute approximate surface area is 174 Å². The number of fused-ring (bicyclic) bond motifs is 1. The van der Waals surface area contributed by atoms with Gasteiger partial charge >= 0.3 is 0 Å². The molecule has 0 unspecified atom stereocenters. The van der Waals surface area contributed by atoms with Gasteiger partial charge in [0.25, 0.3) is 5.69 Å². The van der Waals surface area contributed by atoms with E-state index < -0.39 is 0 Å². The maximum Gasteiger partial charge on any atom is 0.271 e. The number of aromatic nitrogens is 2. The lowest BCUT2D eigenvalue weighted by atomic mass is 9.90. The van der Waals surface area contributed by atoms with E-state index in [1.54, 1.807) is 23.9 Å². The average molecular weight is 411 g/mol. The molecule has 6 nitrogen and oxygen atoms in total. The lowest BCUT2D eigenvalue weighted by Gasteiger charge is -2.32. The third-order valence-corrected chi connectivity index (χ3v) is 6.55. The first kappa shape index (κ1) is 19.9. The van der Waals surface area contributed by atoms with Crippen molar-refractivity contribution in [2.45, 2.75) is 30.8 Å². The highest BCUT2D eigenvalue weighted by atomic mass is 32.2. The molecule has 0 amide bonds. The summed E-state index contributed by atoms with van der Waals surface area (Å²) < 4.78 is 0. The van der Waals surface area contributed by atoms with Crippen molar-refractivity contribution in [2.75, 3.05) is 25.4 Å². The predicted molar refractivity (Wildman–Crippen MR) is 117 cm³/mol. The SMILES string of the molecule is O=[N+]([O-])c1ccc2nc(SCCCN3CCC(Cc4ccccc4)CC3)[nH]c2c1. The third kappa shape index (κ3) is 5.36. The predicted octanol–water partition coefficient (Wildman–Crippen LogP) is 4.91. The minimum atomic E-state index is -0.379. The Kier molecular flexibility index (Phi) is 6.46. The number of nitro groups is 1. The zero-order valence-electron chi connectivity index (χ0n) is 16.4. The summed E-state index contributed by atoms with van der Waals surface area (Å²) in [4.78, 5) is 20.8. The molecule has 1 saturated heterocycles. The van der Waals surface area contributed by atoms with E-state index in [9.17, 15) is 10.1 Å². The Hall–Kier alpha value is -2.38. The molecule has 4 rings (SSSR count). The maximum atomic E-state index is 10.9. The van der Waals surface area contributed by atoms with E-state index in [4.69, 9.17) is 0 Å². The van der Waals surface area contributed by atoms with Gasteiger partial charge in [-0.25, -0.2) is 4.98 Å². The van der Waals surface area contributed by atoms with Crippen LogP contribution in [0.5, 0.6) is 0 Å². The minimum Gasteiger partial charge on any atom is -0.333 e. The van der Waals surface area contributed by atoms with Crippen molar-refractivity contribution in [3.05, 3.63) is 64.2 Å². The van der Waals surface area contributed by atoms with Crippen LogP contribution in [0.15, 0.2) is 53.7 Å². The van der Waals surface area contributed by atoms with Crippen LogP contribution in [-0.4, -0.2) is 45.2 Å². The number of nitro benzene ring substituents is 1. The van der Waals surface area contributed by atoms with E-state index in [-0.39, 0.29) is 10.6 Å². The Morgan fingerprint density at radius 1 is 1.17 bits per heavy atom. The van der Waals surface area contributed by atoms with E-state index in [0.717, 1.165) is 40.8 Å². The Morgan fingerprint density at radius 2 is 1.97 bits per heavy atom. The number of likely N-dealkylation sites (tertiary alicyclic amines) is 1. The molecule has 152 valence electrons. The van der Waals surface area contributed by atoms with Crippen LogP contribution in [0.25, 0.3) is 11.0 Å². The first-order valence-corrected chi connectivity index (χ1v) is 11.2. The molecule has 1 aliphatic rings. The van der Waals surface area contributed by atoms with Gasteiger partial charge in [0.1, 0.15) is 0 Å². The Morgan fingerprint density at radius 3 is 2.72 bits per heavy atom. The number of nitrogens with zero attached hydrogens (tertiary/aromatic N) is 3. The second-order valence-electron chi connectivity index (χ2n) is 7.68. The van der Waals surface area contributed by atoms with Gasteiger partial charge in [0.2, 0.25) is 0 Å². The molecular formula is C22H26N4O2S. The number of hydrogen-bond acceptors (Lipinski definition) is 5. The van der Waals surface area contributed by atoms with Gasteiger partial charge in [-0.1, -0.05) is 42.1 Å². The monoisotopic (exact) mass is 410 g/mol. The van der Waals surface area contributed by atoms with Gasteiger partial charge in [0.15, 0.2) is 5.16 Å². The van der Waals surface area contributed by atoms with Crippen molar-refractivity contribution in [3.8, 4) is 0 Å². The van der Waals surface area contributed by atoms with E-state index in [2.05, 4.69) is 45.2 Å². The van der Waals surface area contributed by atoms with Gasteiger partial charge in [-0.2, -0.15) is 0 Å². The number of benzene rings is 2. The number of imidazole rings is 1. The van der Waals surface area contributed by atoms with Gasteiger partial charge < -0.3 is 9.88 Å². The molecule has 1 aromatic heterocycles. The largest absolute Gasteiger partial charge is 0.333 e. The number of nitrogens with one attached hydrogen (secondary N) is 1. The highest BCUT2D eigenvalue weighted by Crippen LogP contribution is 2.25. The van der Waals surface area contributed by atoms with Gasteiger partial charge in [-0.05, 0) is 62.9 Å². The zero-order valence-corrected chi connectivity index (χ0v) is 17.2. The quantitative estimate of drug-likeness (QED) is 0.247. The standard InChI is InChI=1S/C22H26N4O2S/c27-26(28)19-7-8-20-21(16-19)24-22(23-20)29-14-4-11-25-12-9-18(10-13-25)15-17-5-2-1-3-6-17/h1-3,5-8,16,18H,4,9-15H2,(H,23,24). The van der Waals surface area contributed by atoms with Gasteiger partial charge in [0, 0.05) is 17.9 Å². The number of hydrogen-bond donors (Lipinski definition) is 1. The molecule has 2 heterocycles. The van der Waals surface area contributed by atoms with Crippen molar-refractivity contribution in [1.29, 1.82) is 0 Å². The van der Waals surface area contributed by atoms with Crippen LogP contribution in [0.2, 0.25) is 0 Å². The fourth-order valence-corrected chi connectivity index (χ4v) is 4.79. The van der Waals surface area contributed by atoms with Crippen molar-refractivity contribution in [1.82, 2.24) is 14.9 Å². The molecule has 1 N–H and O–H groups in total. The van der Waals surface area contributed by atoms with Crippen LogP contribution in [0, 0.1) is 16.0 Å². The summed E-state index contributed by atoms with van der Waals surface area (Å²) in [5, 5.41) is 11.7. The summed E-state index contributed by atoms with van der Waals surface area (Å²) in [6.07, 6.45) is 4.88. The summed E-state index contributed by atoms with van der Waals surface area (Å²) in [5.41, 5.74) is 3.05. The lowest BCUT2D eigenvalue weighted by Crippen LogP contribution is -2.35. The molecular weight excluding hydrogens is 384 g/mol. The summed E-state index contributed by atoms with van der Waals surface area (Å²) in [7, 11) is 0. The fraction of sp³-hybridized carbons (Fsp3) is 0.409. The second kappa shape index (κ2) is 9.41. The van der Waals surface area contributed by atoms with Crippen LogP contribution in [0.1, 0.15) is 24.8 Å². The lowest BCUT2D eigenvalue weighted by molar-refractivity contribution is -0.384. The maximum absolute atomic E-state index is 10.9. The molecule has 2 aromatic carbocycles. The molecule has 0 bridgehead atoms. The second-order valence-corrected chi connectivity index (χ2v) is 8.76. The van der Waals surface area contributed by atoms with Crippen LogP contribution in [0.4, 0.5) is 5.69 Å². The summed E-state index contributed by atoms with van der Waals surface area (Å²) in [6.45, 7) is 3.50. The molecule has 0 spiro atoms. The molecule has 0 radical (unpaired) electrons. The van der Waals surface area contributed by atoms with Crippen LogP contribution in [0.3, 0.4) is 0 Å². The summed E-state index contributed by atoms with van der Waals surface area (Å²) in [6, 6.07) is 15.6. The summed E-state index contributed by atoms with van der Waals surface area (Å²) in [5.74, 6) is 1.80. The van der Waals surface area contributed by atoms with Crippen molar-refractivity contribution < 1.29 is 4.92 Å². The molecule has 0 saturated carbocycles. The van der Waals surface area contributed by atoms with E-state index in [1.165, 1.54) is 44.0 Å². The number of piperidine rings is 1. The third-order valence-electron chi connectivity index (χ3n) is 5.59. The highest BCUT2D eigenvalue weighted by Gasteiger charge is 2.19. The summed E-state index contributed by atoms with van der Waals surface area (Å²) >= 11 is 1.69. The van der Waals surface area contributed by atoms with Crippen molar-refractivity contribution in [2.24, 2.45) is 5.92 Å². The smallest absolute Gasteiger partial charge is 0.271 e. The number of aromatic amines is 1. The Bertz CT molecular complexity index is 952. The molecule has 0 atom stereocenters. The van der Waals surface area contributed by atoms with Crippen LogP contribution in [-0.2, 0) is 6.42 Å². The zero-order chi connectivity index (χ0) is 20.1.